The van der Waals surface area contributed by atoms with Gasteiger partial charge in [-0.05, 0) is 40.8 Å². The molecule has 0 bridgehead atoms. The molecule has 0 unspecified atom stereocenters. The standard InChI is InChI=1S/C13H9FN4O3S/c14-10-3-1-6-13(7-10)22(19,20)21-12-5-2-4-11(8-12)18-9-15-16-17-18/h1-9H. The van der Waals surface area contributed by atoms with Crippen LogP contribution in [0.5, 0.6) is 5.75 Å². The highest BCUT2D eigenvalue weighted by Crippen LogP contribution is 2.21. The van der Waals surface area contributed by atoms with Gasteiger partial charge in [0.05, 0.1) is 5.69 Å². The van der Waals surface area contributed by atoms with Crippen molar-refractivity contribution in [1.29, 1.82) is 0 Å². The van der Waals surface area contributed by atoms with Crippen molar-refractivity contribution in [1.82, 2.24) is 20.2 Å². The molecule has 0 aliphatic rings. The minimum Gasteiger partial charge on any atom is -0.379 e. The molecule has 0 N–H and O–H groups in total. The molecule has 7 nitrogen and oxygen atoms in total. The maximum absolute atomic E-state index is 13.1. The molecule has 22 heavy (non-hydrogen) atoms. The zero-order valence-electron chi connectivity index (χ0n) is 11.0. The first kappa shape index (κ1) is 14.1. The molecule has 112 valence electrons. The van der Waals surface area contributed by atoms with Crippen LogP contribution in [-0.2, 0) is 10.1 Å². The fourth-order valence-corrected chi connectivity index (χ4v) is 2.71. The van der Waals surface area contributed by atoms with Crippen molar-refractivity contribution < 1.29 is 17.0 Å². The van der Waals surface area contributed by atoms with Crippen molar-refractivity contribution in [2.24, 2.45) is 0 Å². The lowest BCUT2D eigenvalue weighted by molar-refractivity contribution is 0.484. The van der Waals surface area contributed by atoms with Gasteiger partial charge >= 0.3 is 10.1 Å². The Labute approximate surface area is 125 Å². The quantitative estimate of drug-likeness (QED) is 0.678. The van der Waals surface area contributed by atoms with Gasteiger partial charge in [0.1, 0.15) is 22.8 Å². The highest BCUT2D eigenvalue weighted by Gasteiger charge is 2.17. The molecule has 0 radical (unpaired) electrons. The van der Waals surface area contributed by atoms with Crippen LogP contribution >= 0.6 is 0 Å². The molecule has 0 spiro atoms. The Balaban J connectivity index is 1.91. The van der Waals surface area contributed by atoms with Gasteiger partial charge in [0.25, 0.3) is 0 Å². The first-order valence-electron chi connectivity index (χ1n) is 6.08. The Bertz CT molecular complexity index is 897. The fourth-order valence-electron chi connectivity index (χ4n) is 1.75. The predicted octanol–water partition coefficient (Wildman–Crippen LogP) is 1.57. The van der Waals surface area contributed by atoms with Gasteiger partial charge in [-0.2, -0.15) is 8.42 Å². The molecule has 0 aliphatic heterocycles. The van der Waals surface area contributed by atoms with E-state index < -0.39 is 15.9 Å². The Morgan fingerprint density at radius 2 is 1.91 bits per heavy atom. The van der Waals surface area contributed by atoms with Crippen LogP contribution in [0.4, 0.5) is 4.39 Å². The molecule has 3 rings (SSSR count). The van der Waals surface area contributed by atoms with Gasteiger partial charge in [-0.1, -0.05) is 12.1 Å². The molecule has 2 aromatic carbocycles. The summed E-state index contributed by atoms with van der Waals surface area (Å²) in [5.41, 5.74) is 0.525. The van der Waals surface area contributed by atoms with Gasteiger partial charge in [-0.3, -0.25) is 0 Å². The van der Waals surface area contributed by atoms with Gasteiger partial charge in [-0.15, -0.1) is 5.10 Å². The summed E-state index contributed by atoms with van der Waals surface area (Å²) < 4.78 is 43.7. The highest BCUT2D eigenvalue weighted by atomic mass is 32.2. The third-order valence-corrected chi connectivity index (χ3v) is 3.97. The number of tetrazole rings is 1. The van der Waals surface area contributed by atoms with E-state index in [0.29, 0.717) is 5.69 Å². The zero-order valence-corrected chi connectivity index (χ0v) is 11.8. The van der Waals surface area contributed by atoms with Gasteiger partial charge < -0.3 is 4.18 Å². The normalized spacial score (nSPS) is 11.3. The number of rotatable bonds is 4. The molecule has 0 fully saturated rings. The average Bonchev–Trinajstić information content (AvgIpc) is 3.01. The number of aromatic nitrogens is 4. The summed E-state index contributed by atoms with van der Waals surface area (Å²) in [4.78, 5) is -0.264. The molecule has 0 aliphatic carbocycles. The van der Waals surface area contributed by atoms with E-state index in [4.69, 9.17) is 4.18 Å². The average molecular weight is 320 g/mol. The maximum Gasteiger partial charge on any atom is 0.339 e. The minimum atomic E-state index is -4.12. The van der Waals surface area contributed by atoms with Gasteiger partial charge in [-0.25, -0.2) is 9.07 Å². The lowest BCUT2D eigenvalue weighted by atomic mass is 10.3. The van der Waals surface area contributed by atoms with Crippen LogP contribution in [0.3, 0.4) is 0 Å². The van der Waals surface area contributed by atoms with E-state index in [2.05, 4.69) is 15.5 Å². The molecule has 0 saturated heterocycles. The molecule has 0 saturated carbocycles. The lowest BCUT2D eigenvalue weighted by Crippen LogP contribution is -2.10. The molecule has 0 amide bonds. The van der Waals surface area contributed by atoms with Crippen LogP contribution < -0.4 is 4.18 Å². The SMILES string of the molecule is O=S(=O)(Oc1cccc(-n2cnnn2)c1)c1cccc(F)c1. The smallest absolute Gasteiger partial charge is 0.339 e. The van der Waals surface area contributed by atoms with E-state index in [-0.39, 0.29) is 10.6 Å². The number of hydrogen-bond acceptors (Lipinski definition) is 6. The van der Waals surface area contributed by atoms with Gasteiger partial charge in [0.15, 0.2) is 0 Å². The summed E-state index contributed by atoms with van der Waals surface area (Å²) in [6.45, 7) is 0. The van der Waals surface area contributed by atoms with E-state index in [1.165, 1.54) is 35.3 Å². The number of halogens is 1. The van der Waals surface area contributed by atoms with E-state index in [0.717, 1.165) is 12.1 Å². The van der Waals surface area contributed by atoms with Crippen molar-refractivity contribution >= 4 is 10.1 Å². The summed E-state index contributed by atoms with van der Waals surface area (Å²) in [5.74, 6) is -0.593. The first-order chi connectivity index (χ1) is 10.5. The predicted molar refractivity (Wildman–Crippen MR) is 73.4 cm³/mol. The number of nitrogens with zero attached hydrogens (tertiary/aromatic N) is 4. The van der Waals surface area contributed by atoms with Crippen molar-refractivity contribution in [3.05, 3.63) is 60.7 Å². The van der Waals surface area contributed by atoms with Crippen LogP contribution in [-0.4, -0.2) is 28.6 Å². The molecule has 9 heteroatoms. The topological polar surface area (TPSA) is 87.0 Å². The van der Waals surface area contributed by atoms with Crippen molar-refractivity contribution in [2.45, 2.75) is 4.90 Å². The number of hydrogen-bond donors (Lipinski definition) is 0. The Morgan fingerprint density at radius 1 is 1.09 bits per heavy atom. The summed E-state index contributed by atoms with van der Waals surface area (Å²) in [6, 6.07) is 10.8. The summed E-state index contributed by atoms with van der Waals surface area (Å²) in [6.07, 6.45) is 1.36. The van der Waals surface area contributed by atoms with E-state index in [1.54, 1.807) is 12.1 Å². The van der Waals surface area contributed by atoms with Crippen molar-refractivity contribution in [3.63, 3.8) is 0 Å². The maximum atomic E-state index is 13.1. The molecular formula is C13H9FN4O3S. The molecule has 1 aromatic heterocycles. The van der Waals surface area contributed by atoms with E-state index in [1.807, 2.05) is 0 Å². The third kappa shape index (κ3) is 2.93. The van der Waals surface area contributed by atoms with E-state index in [9.17, 15) is 12.8 Å². The second-order valence-corrected chi connectivity index (χ2v) is 5.79. The zero-order chi connectivity index (χ0) is 15.6. The minimum absolute atomic E-state index is 0.0669. The Morgan fingerprint density at radius 3 is 2.64 bits per heavy atom. The first-order valence-corrected chi connectivity index (χ1v) is 7.49. The summed E-state index contributed by atoms with van der Waals surface area (Å²) in [5, 5.41) is 10.7. The van der Waals surface area contributed by atoms with Gasteiger partial charge in [0.2, 0.25) is 0 Å². The Kier molecular flexibility index (Phi) is 3.55. The second kappa shape index (κ2) is 5.53. The number of benzene rings is 2. The monoisotopic (exact) mass is 320 g/mol. The third-order valence-electron chi connectivity index (χ3n) is 2.72. The van der Waals surface area contributed by atoms with Crippen molar-refractivity contribution in [3.8, 4) is 11.4 Å². The fraction of sp³-hybridized carbons (Fsp3) is 0. The molecular weight excluding hydrogens is 311 g/mol. The summed E-state index contributed by atoms with van der Waals surface area (Å²) >= 11 is 0. The second-order valence-electron chi connectivity index (χ2n) is 4.25. The lowest BCUT2D eigenvalue weighted by Gasteiger charge is -2.08. The van der Waals surface area contributed by atoms with E-state index >= 15 is 0 Å². The van der Waals surface area contributed by atoms with Crippen LogP contribution in [0, 0.1) is 5.82 Å². The van der Waals surface area contributed by atoms with Crippen LogP contribution in [0.2, 0.25) is 0 Å². The van der Waals surface area contributed by atoms with Crippen LogP contribution in [0.1, 0.15) is 0 Å². The molecule has 0 atom stereocenters. The largest absolute Gasteiger partial charge is 0.379 e. The van der Waals surface area contributed by atoms with Crippen LogP contribution in [0.25, 0.3) is 5.69 Å². The van der Waals surface area contributed by atoms with Crippen molar-refractivity contribution in [2.75, 3.05) is 0 Å². The summed E-state index contributed by atoms with van der Waals surface area (Å²) in [7, 11) is -4.12. The van der Waals surface area contributed by atoms with Gasteiger partial charge in [0, 0.05) is 6.07 Å². The Hall–Kier alpha value is -2.81. The highest BCUT2D eigenvalue weighted by molar-refractivity contribution is 7.87. The van der Waals surface area contributed by atoms with Crippen LogP contribution in [0.15, 0.2) is 59.8 Å². The molecule has 3 aromatic rings. The molecule has 1 heterocycles.